The summed E-state index contributed by atoms with van der Waals surface area (Å²) in [6, 6.07) is 3.45. The molecule has 19 heavy (non-hydrogen) atoms. The van der Waals surface area contributed by atoms with Crippen LogP contribution in [0.15, 0.2) is 18.2 Å². The minimum Gasteiger partial charge on any atom is -0.397 e. The summed E-state index contributed by atoms with van der Waals surface area (Å²) in [6.07, 6.45) is -0.713. The predicted molar refractivity (Wildman–Crippen MR) is 74.4 cm³/mol. The van der Waals surface area contributed by atoms with Crippen LogP contribution in [-0.2, 0) is 6.18 Å². The SMILES string of the molecule is Nc1cc(C(F)(F)F)ccc1NCC1CCCCS1. The van der Waals surface area contributed by atoms with Crippen LogP contribution in [0.5, 0.6) is 0 Å². The topological polar surface area (TPSA) is 38.0 Å². The van der Waals surface area contributed by atoms with Crippen molar-refractivity contribution in [3.8, 4) is 0 Å². The number of nitrogens with one attached hydrogen (secondary N) is 1. The molecule has 1 unspecified atom stereocenters. The molecule has 0 bridgehead atoms. The second-order valence-electron chi connectivity index (χ2n) is 4.67. The van der Waals surface area contributed by atoms with E-state index in [2.05, 4.69) is 5.32 Å². The summed E-state index contributed by atoms with van der Waals surface area (Å²) in [7, 11) is 0. The van der Waals surface area contributed by atoms with Crippen LogP contribution in [0, 0.1) is 0 Å². The molecule has 1 aliphatic rings. The highest BCUT2D eigenvalue weighted by Crippen LogP contribution is 2.33. The summed E-state index contributed by atoms with van der Waals surface area (Å²) in [5.74, 6) is 1.16. The largest absolute Gasteiger partial charge is 0.416 e. The minimum atomic E-state index is -4.34. The molecule has 0 saturated carbocycles. The van der Waals surface area contributed by atoms with Gasteiger partial charge in [-0.3, -0.25) is 0 Å². The third-order valence-electron chi connectivity index (χ3n) is 3.17. The van der Waals surface area contributed by atoms with Crippen molar-refractivity contribution in [1.82, 2.24) is 0 Å². The van der Waals surface area contributed by atoms with E-state index < -0.39 is 11.7 Å². The molecule has 1 aromatic carbocycles. The maximum atomic E-state index is 12.5. The Hall–Kier alpha value is -1.04. The van der Waals surface area contributed by atoms with Crippen molar-refractivity contribution in [2.24, 2.45) is 0 Å². The number of hydrogen-bond donors (Lipinski definition) is 2. The van der Waals surface area contributed by atoms with Crippen LogP contribution in [0.3, 0.4) is 0 Å². The molecule has 0 aliphatic carbocycles. The Labute approximate surface area is 114 Å². The molecule has 1 saturated heterocycles. The van der Waals surface area contributed by atoms with Gasteiger partial charge in [-0.2, -0.15) is 24.9 Å². The molecule has 1 fully saturated rings. The van der Waals surface area contributed by atoms with Crippen LogP contribution < -0.4 is 11.1 Å². The van der Waals surface area contributed by atoms with Crippen molar-refractivity contribution >= 4 is 23.1 Å². The molecule has 1 aliphatic heterocycles. The molecule has 0 aromatic heterocycles. The van der Waals surface area contributed by atoms with Gasteiger partial charge in [0.15, 0.2) is 0 Å². The van der Waals surface area contributed by atoms with Gasteiger partial charge >= 0.3 is 6.18 Å². The molecule has 106 valence electrons. The summed E-state index contributed by atoms with van der Waals surface area (Å²) in [6.45, 7) is 0.750. The number of benzene rings is 1. The van der Waals surface area contributed by atoms with E-state index in [4.69, 9.17) is 5.73 Å². The number of thioether (sulfide) groups is 1. The van der Waals surface area contributed by atoms with E-state index >= 15 is 0 Å². The van der Waals surface area contributed by atoms with Crippen LogP contribution >= 0.6 is 11.8 Å². The zero-order valence-electron chi connectivity index (χ0n) is 10.5. The fraction of sp³-hybridized carbons (Fsp3) is 0.538. The molecular weight excluding hydrogens is 273 g/mol. The molecule has 6 heteroatoms. The van der Waals surface area contributed by atoms with Crippen molar-refractivity contribution < 1.29 is 13.2 Å². The molecule has 0 amide bonds. The Morgan fingerprint density at radius 1 is 1.32 bits per heavy atom. The third kappa shape index (κ3) is 3.96. The molecular formula is C13H17F3N2S. The zero-order chi connectivity index (χ0) is 13.9. The van der Waals surface area contributed by atoms with E-state index in [1.54, 1.807) is 0 Å². The Kier molecular flexibility index (Phi) is 4.50. The zero-order valence-corrected chi connectivity index (χ0v) is 11.3. The van der Waals surface area contributed by atoms with Crippen LogP contribution in [0.2, 0.25) is 0 Å². The normalized spacial score (nSPS) is 20.3. The fourth-order valence-corrected chi connectivity index (χ4v) is 3.33. The lowest BCUT2D eigenvalue weighted by Gasteiger charge is -2.22. The van der Waals surface area contributed by atoms with E-state index in [1.807, 2.05) is 11.8 Å². The van der Waals surface area contributed by atoms with Crippen LogP contribution in [0.1, 0.15) is 24.8 Å². The first-order valence-corrected chi connectivity index (χ1v) is 7.34. The van der Waals surface area contributed by atoms with Crippen molar-refractivity contribution in [3.63, 3.8) is 0 Å². The summed E-state index contributed by atoms with van der Waals surface area (Å²) >= 11 is 1.91. The Balaban J connectivity index is 1.97. The highest BCUT2D eigenvalue weighted by atomic mass is 32.2. The van der Waals surface area contributed by atoms with Crippen molar-refractivity contribution in [3.05, 3.63) is 23.8 Å². The molecule has 2 nitrogen and oxygen atoms in total. The number of hydrogen-bond acceptors (Lipinski definition) is 3. The Morgan fingerprint density at radius 2 is 2.11 bits per heavy atom. The Bertz CT molecular complexity index is 428. The van der Waals surface area contributed by atoms with Gasteiger partial charge in [-0.25, -0.2) is 0 Å². The van der Waals surface area contributed by atoms with E-state index in [1.165, 1.54) is 18.9 Å². The average Bonchev–Trinajstić information content (AvgIpc) is 2.37. The third-order valence-corrected chi connectivity index (χ3v) is 4.57. The number of rotatable bonds is 3. The first kappa shape index (κ1) is 14.4. The number of nitrogen functional groups attached to an aromatic ring is 1. The van der Waals surface area contributed by atoms with Gasteiger partial charge in [0.1, 0.15) is 0 Å². The number of anilines is 2. The van der Waals surface area contributed by atoms with Gasteiger partial charge in [0, 0.05) is 11.8 Å². The van der Waals surface area contributed by atoms with Gasteiger partial charge < -0.3 is 11.1 Å². The number of alkyl halides is 3. The summed E-state index contributed by atoms with van der Waals surface area (Å²) in [5.41, 5.74) is 5.69. The summed E-state index contributed by atoms with van der Waals surface area (Å²) in [5, 5.41) is 3.67. The van der Waals surface area contributed by atoms with Crippen LogP contribution in [-0.4, -0.2) is 17.5 Å². The lowest BCUT2D eigenvalue weighted by Crippen LogP contribution is -2.20. The average molecular weight is 290 g/mol. The molecule has 2 rings (SSSR count). The fourth-order valence-electron chi connectivity index (χ4n) is 2.09. The van der Waals surface area contributed by atoms with E-state index in [0.29, 0.717) is 10.9 Å². The van der Waals surface area contributed by atoms with Gasteiger partial charge in [-0.05, 0) is 36.8 Å². The number of nitrogens with two attached hydrogens (primary N) is 1. The van der Waals surface area contributed by atoms with Crippen molar-refractivity contribution in [1.29, 1.82) is 0 Å². The standard InChI is InChI=1S/C13H17F3N2S/c14-13(15,16)9-4-5-12(11(17)7-9)18-8-10-3-1-2-6-19-10/h4-5,7,10,18H,1-3,6,8,17H2. The van der Waals surface area contributed by atoms with Gasteiger partial charge in [0.05, 0.1) is 16.9 Å². The molecule has 1 aromatic rings. The second kappa shape index (κ2) is 5.94. The van der Waals surface area contributed by atoms with Gasteiger partial charge in [0.25, 0.3) is 0 Å². The van der Waals surface area contributed by atoms with Gasteiger partial charge in [0.2, 0.25) is 0 Å². The molecule has 1 heterocycles. The minimum absolute atomic E-state index is 0.149. The lowest BCUT2D eigenvalue weighted by atomic mass is 10.1. The number of halogens is 3. The maximum absolute atomic E-state index is 12.5. The van der Waals surface area contributed by atoms with E-state index in [0.717, 1.165) is 30.9 Å². The molecule has 1 atom stereocenters. The predicted octanol–water partition coefficient (Wildman–Crippen LogP) is 3.99. The highest BCUT2D eigenvalue weighted by Gasteiger charge is 2.30. The molecule has 0 spiro atoms. The van der Waals surface area contributed by atoms with Crippen molar-refractivity contribution in [2.75, 3.05) is 23.3 Å². The first-order valence-electron chi connectivity index (χ1n) is 6.29. The van der Waals surface area contributed by atoms with E-state index in [9.17, 15) is 13.2 Å². The first-order chi connectivity index (χ1) is 8.97. The maximum Gasteiger partial charge on any atom is 0.416 e. The van der Waals surface area contributed by atoms with Gasteiger partial charge in [-0.1, -0.05) is 6.42 Å². The summed E-state index contributed by atoms with van der Waals surface area (Å²) in [4.78, 5) is 0. The quantitative estimate of drug-likeness (QED) is 0.827. The monoisotopic (exact) mass is 290 g/mol. The van der Waals surface area contributed by atoms with Crippen LogP contribution in [0.25, 0.3) is 0 Å². The smallest absolute Gasteiger partial charge is 0.397 e. The molecule has 3 N–H and O–H groups in total. The van der Waals surface area contributed by atoms with E-state index in [-0.39, 0.29) is 5.69 Å². The lowest BCUT2D eigenvalue weighted by molar-refractivity contribution is -0.137. The summed E-state index contributed by atoms with van der Waals surface area (Å²) < 4.78 is 37.5. The van der Waals surface area contributed by atoms with Gasteiger partial charge in [-0.15, -0.1) is 0 Å². The Morgan fingerprint density at radius 3 is 2.68 bits per heavy atom. The van der Waals surface area contributed by atoms with Crippen LogP contribution in [0.4, 0.5) is 24.5 Å². The molecule has 0 radical (unpaired) electrons. The van der Waals surface area contributed by atoms with Crippen molar-refractivity contribution in [2.45, 2.75) is 30.7 Å². The highest BCUT2D eigenvalue weighted by molar-refractivity contribution is 7.99. The second-order valence-corrected chi connectivity index (χ2v) is 6.08.